The molecule has 0 amide bonds. The van der Waals surface area contributed by atoms with Crippen molar-refractivity contribution in [2.24, 2.45) is 11.7 Å². The highest BCUT2D eigenvalue weighted by Gasteiger charge is 2.24. The number of para-hydroxylation sites is 1. The van der Waals surface area contributed by atoms with Crippen LogP contribution < -0.4 is 5.73 Å². The minimum atomic E-state index is 0.108. The number of hydrogen-bond donors (Lipinski definition) is 1. The summed E-state index contributed by atoms with van der Waals surface area (Å²) in [4.78, 5) is 4.63. The van der Waals surface area contributed by atoms with Gasteiger partial charge in [-0.15, -0.1) is 0 Å². The third-order valence-corrected chi connectivity index (χ3v) is 3.28. The largest absolute Gasteiger partial charge is 0.323 e. The van der Waals surface area contributed by atoms with Crippen LogP contribution in [0.4, 0.5) is 0 Å². The molecule has 2 nitrogen and oxygen atoms in total. The first-order chi connectivity index (χ1) is 7.83. The first-order valence-corrected chi connectivity index (χ1v) is 5.94. The summed E-state index contributed by atoms with van der Waals surface area (Å²) in [6.07, 6.45) is 3.79. The molecule has 1 saturated carbocycles. The topological polar surface area (TPSA) is 38.9 Å². The Morgan fingerprint density at radius 1 is 1.19 bits per heavy atom. The normalized spacial score (nSPS) is 17.6. The lowest BCUT2D eigenvalue weighted by Gasteiger charge is -2.10. The highest BCUT2D eigenvalue weighted by atomic mass is 14.8. The van der Waals surface area contributed by atoms with Crippen molar-refractivity contribution in [3.63, 3.8) is 0 Å². The fraction of sp³-hybridized carbons (Fsp3) is 0.357. The van der Waals surface area contributed by atoms with Gasteiger partial charge in [0.15, 0.2) is 0 Å². The summed E-state index contributed by atoms with van der Waals surface area (Å²) in [5.41, 5.74) is 8.24. The molecule has 0 bridgehead atoms. The Morgan fingerprint density at radius 3 is 2.81 bits per heavy atom. The van der Waals surface area contributed by atoms with E-state index in [1.807, 2.05) is 18.2 Å². The molecule has 1 aromatic heterocycles. The van der Waals surface area contributed by atoms with E-state index in [9.17, 15) is 0 Å². The fourth-order valence-electron chi connectivity index (χ4n) is 2.12. The molecule has 1 aromatic carbocycles. The Kier molecular flexibility index (Phi) is 2.37. The number of nitrogens with zero attached hydrogens (tertiary/aromatic N) is 1. The Labute approximate surface area is 95.5 Å². The Hall–Kier alpha value is -1.41. The standard InChI is InChI=1S/C14H16N2/c15-12(9-10-5-6-10)14-8-7-11-3-1-2-4-13(11)16-14/h1-4,7-8,10,12H,5-6,9,15H2/t12-/m0/s1. The number of aromatic nitrogens is 1. The maximum atomic E-state index is 6.16. The van der Waals surface area contributed by atoms with E-state index in [-0.39, 0.29) is 6.04 Å². The van der Waals surface area contributed by atoms with E-state index in [4.69, 9.17) is 5.73 Å². The Bertz CT molecular complexity index is 503. The van der Waals surface area contributed by atoms with Gasteiger partial charge in [-0.3, -0.25) is 4.98 Å². The second-order valence-electron chi connectivity index (χ2n) is 4.71. The van der Waals surface area contributed by atoms with E-state index in [2.05, 4.69) is 23.2 Å². The molecule has 0 radical (unpaired) electrons. The smallest absolute Gasteiger partial charge is 0.0706 e. The van der Waals surface area contributed by atoms with Gasteiger partial charge in [0.25, 0.3) is 0 Å². The number of hydrogen-bond acceptors (Lipinski definition) is 2. The lowest BCUT2D eigenvalue weighted by atomic mass is 10.1. The second kappa shape index (κ2) is 3.87. The number of pyridine rings is 1. The maximum Gasteiger partial charge on any atom is 0.0706 e. The molecule has 0 saturated heterocycles. The van der Waals surface area contributed by atoms with Gasteiger partial charge >= 0.3 is 0 Å². The minimum absolute atomic E-state index is 0.108. The molecule has 2 aromatic rings. The molecule has 82 valence electrons. The Morgan fingerprint density at radius 2 is 2.00 bits per heavy atom. The monoisotopic (exact) mass is 212 g/mol. The first-order valence-electron chi connectivity index (χ1n) is 5.94. The van der Waals surface area contributed by atoms with Crippen molar-refractivity contribution < 1.29 is 0 Å². The lowest BCUT2D eigenvalue weighted by molar-refractivity contribution is 0.585. The van der Waals surface area contributed by atoms with Crippen LogP contribution in [-0.4, -0.2) is 4.98 Å². The van der Waals surface area contributed by atoms with E-state index in [0.29, 0.717) is 0 Å². The van der Waals surface area contributed by atoms with Crippen LogP contribution in [0.3, 0.4) is 0 Å². The van der Waals surface area contributed by atoms with Crippen LogP contribution in [0, 0.1) is 5.92 Å². The highest BCUT2D eigenvalue weighted by molar-refractivity contribution is 5.78. The van der Waals surface area contributed by atoms with Crippen molar-refractivity contribution >= 4 is 10.9 Å². The molecule has 2 N–H and O–H groups in total. The predicted molar refractivity (Wildman–Crippen MR) is 66.0 cm³/mol. The predicted octanol–water partition coefficient (Wildman–Crippen LogP) is 3.03. The molecule has 1 fully saturated rings. The van der Waals surface area contributed by atoms with Crippen molar-refractivity contribution in [2.75, 3.05) is 0 Å². The average Bonchev–Trinajstić information content (AvgIpc) is 3.12. The van der Waals surface area contributed by atoms with Gasteiger partial charge in [-0.2, -0.15) is 0 Å². The van der Waals surface area contributed by atoms with E-state index in [1.165, 1.54) is 18.2 Å². The van der Waals surface area contributed by atoms with Crippen LogP contribution in [0.15, 0.2) is 36.4 Å². The van der Waals surface area contributed by atoms with Gasteiger partial charge in [-0.05, 0) is 24.5 Å². The van der Waals surface area contributed by atoms with Crippen molar-refractivity contribution in [3.8, 4) is 0 Å². The molecule has 16 heavy (non-hydrogen) atoms. The van der Waals surface area contributed by atoms with Crippen molar-refractivity contribution in [3.05, 3.63) is 42.1 Å². The van der Waals surface area contributed by atoms with Crippen molar-refractivity contribution in [2.45, 2.75) is 25.3 Å². The minimum Gasteiger partial charge on any atom is -0.323 e. The molecule has 0 aliphatic heterocycles. The molecular formula is C14H16N2. The summed E-state index contributed by atoms with van der Waals surface area (Å²) >= 11 is 0. The highest BCUT2D eigenvalue weighted by Crippen LogP contribution is 2.36. The van der Waals surface area contributed by atoms with E-state index >= 15 is 0 Å². The maximum absolute atomic E-state index is 6.16. The Balaban J connectivity index is 1.91. The summed E-state index contributed by atoms with van der Waals surface area (Å²) < 4.78 is 0. The molecule has 0 unspecified atom stereocenters. The van der Waals surface area contributed by atoms with Crippen molar-refractivity contribution in [1.29, 1.82) is 0 Å². The van der Waals surface area contributed by atoms with Gasteiger partial charge in [0.05, 0.1) is 11.2 Å². The van der Waals surface area contributed by atoms with Crippen LogP contribution in [0.2, 0.25) is 0 Å². The zero-order valence-electron chi connectivity index (χ0n) is 9.26. The molecule has 1 atom stereocenters. The molecule has 3 rings (SSSR count). The van der Waals surface area contributed by atoms with E-state index < -0.39 is 0 Å². The van der Waals surface area contributed by atoms with Gasteiger partial charge in [0.2, 0.25) is 0 Å². The quantitative estimate of drug-likeness (QED) is 0.849. The molecule has 1 heterocycles. The summed E-state index contributed by atoms with van der Waals surface area (Å²) in [7, 11) is 0. The van der Waals surface area contributed by atoms with Crippen LogP contribution in [-0.2, 0) is 0 Å². The van der Waals surface area contributed by atoms with Crippen LogP contribution in [0.25, 0.3) is 10.9 Å². The summed E-state index contributed by atoms with van der Waals surface area (Å²) in [6.45, 7) is 0. The summed E-state index contributed by atoms with van der Waals surface area (Å²) in [6, 6.07) is 12.5. The third kappa shape index (κ3) is 1.93. The number of benzene rings is 1. The van der Waals surface area contributed by atoms with Gasteiger partial charge < -0.3 is 5.73 Å². The zero-order valence-corrected chi connectivity index (χ0v) is 9.26. The zero-order chi connectivity index (χ0) is 11.0. The molecular weight excluding hydrogens is 196 g/mol. The average molecular weight is 212 g/mol. The number of fused-ring (bicyclic) bond motifs is 1. The molecule has 0 spiro atoms. The molecule has 2 heteroatoms. The first kappa shape index (κ1) is 9.79. The molecule has 1 aliphatic carbocycles. The number of nitrogens with two attached hydrogens (primary N) is 1. The van der Waals surface area contributed by atoms with Gasteiger partial charge in [-0.1, -0.05) is 37.1 Å². The second-order valence-corrected chi connectivity index (χ2v) is 4.71. The SMILES string of the molecule is N[C@@H](CC1CC1)c1ccc2ccccc2n1. The lowest BCUT2D eigenvalue weighted by Crippen LogP contribution is -2.12. The van der Waals surface area contributed by atoms with Gasteiger partial charge in [0, 0.05) is 11.4 Å². The summed E-state index contributed by atoms with van der Waals surface area (Å²) in [5.74, 6) is 0.850. The van der Waals surface area contributed by atoms with Crippen molar-refractivity contribution in [1.82, 2.24) is 4.98 Å². The van der Waals surface area contributed by atoms with Crippen LogP contribution >= 0.6 is 0 Å². The van der Waals surface area contributed by atoms with E-state index in [1.54, 1.807) is 0 Å². The summed E-state index contributed by atoms with van der Waals surface area (Å²) in [5, 5.41) is 1.19. The fourth-order valence-corrected chi connectivity index (χ4v) is 2.12. The van der Waals surface area contributed by atoms with Gasteiger partial charge in [0.1, 0.15) is 0 Å². The third-order valence-electron chi connectivity index (χ3n) is 3.28. The van der Waals surface area contributed by atoms with E-state index in [0.717, 1.165) is 23.5 Å². The van der Waals surface area contributed by atoms with Gasteiger partial charge in [-0.25, -0.2) is 0 Å². The van der Waals surface area contributed by atoms with Crippen LogP contribution in [0.1, 0.15) is 31.0 Å². The molecule has 1 aliphatic rings. The van der Waals surface area contributed by atoms with Crippen LogP contribution in [0.5, 0.6) is 0 Å². The number of rotatable bonds is 3.